The van der Waals surface area contributed by atoms with Gasteiger partial charge in [0.1, 0.15) is 0 Å². The molecule has 0 spiro atoms. The number of epoxide rings is 1. The van der Waals surface area contributed by atoms with Crippen LogP contribution in [0.3, 0.4) is 0 Å². The van der Waals surface area contributed by atoms with Crippen molar-refractivity contribution in [3.63, 3.8) is 0 Å². The van der Waals surface area contributed by atoms with Gasteiger partial charge in [0.05, 0.1) is 11.7 Å². The summed E-state index contributed by atoms with van der Waals surface area (Å²) in [5.41, 5.74) is 2.74. The molecule has 0 aromatic rings. The molecular weight excluding hydrogens is 282 g/mol. The standard InChI is InChI=1S/C21H31NO/c1-14(2)7-10-19-21(5,23-19)18-11-12-20(4,22-6)17-9-8-15(3)13-16(17)18/h7,13,16-19H,8-12H2,1-5H3/t16-,17-,18-,19?,20-,21?/m0/s1. The minimum atomic E-state index is -0.168. The molecule has 2 unspecified atom stereocenters. The Balaban J connectivity index is 1.83. The first-order valence-electron chi connectivity index (χ1n) is 9.17. The lowest BCUT2D eigenvalue weighted by molar-refractivity contribution is 0.0623. The van der Waals surface area contributed by atoms with E-state index in [2.05, 4.69) is 51.6 Å². The molecule has 0 radical (unpaired) electrons. The van der Waals surface area contributed by atoms with Crippen molar-refractivity contribution in [3.8, 4) is 0 Å². The smallest absolute Gasteiger partial charge is 0.233 e. The SMILES string of the molecule is [C-]#[N+][C@@]1(C)CC[C@H](C2(C)OC2CC=C(C)C)[C@H]2C=C(C)CC[C@@H]21. The molecular formula is C21H31NO. The zero-order valence-electron chi connectivity index (χ0n) is 15.4. The molecule has 0 aromatic carbocycles. The van der Waals surface area contributed by atoms with Crippen LogP contribution in [0.2, 0.25) is 0 Å². The summed E-state index contributed by atoms with van der Waals surface area (Å²) in [4.78, 5) is 4.07. The first-order chi connectivity index (χ1) is 10.8. The van der Waals surface area contributed by atoms with Crippen molar-refractivity contribution >= 4 is 0 Å². The quantitative estimate of drug-likeness (QED) is 0.378. The highest BCUT2D eigenvalue weighted by atomic mass is 16.6. The van der Waals surface area contributed by atoms with Crippen molar-refractivity contribution < 1.29 is 4.74 Å². The molecule has 1 saturated heterocycles. The second kappa shape index (κ2) is 5.78. The van der Waals surface area contributed by atoms with Gasteiger partial charge in [-0.25, -0.2) is 6.57 Å². The highest BCUT2D eigenvalue weighted by molar-refractivity contribution is 5.22. The van der Waals surface area contributed by atoms with Crippen molar-refractivity contribution in [2.75, 3.05) is 0 Å². The predicted octanol–water partition coefficient (Wildman–Crippen LogP) is 5.56. The van der Waals surface area contributed by atoms with Crippen LogP contribution in [0.1, 0.15) is 66.7 Å². The second-order valence-electron chi connectivity index (χ2n) is 8.66. The van der Waals surface area contributed by atoms with Gasteiger partial charge in [0, 0.05) is 19.3 Å². The van der Waals surface area contributed by atoms with Crippen LogP contribution in [-0.2, 0) is 4.74 Å². The fourth-order valence-corrected chi connectivity index (χ4v) is 5.08. The zero-order chi connectivity index (χ0) is 16.8. The molecule has 1 heterocycles. The largest absolute Gasteiger partial charge is 0.366 e. The molecule has 3 rings (SSSR count). The Hall–Kier alpha value is -1.07. The summed E-state index contributed by atoms with van der Waals surface area (Å²) < 4.78 is 6.23. The molecule has 2 aliphatic carbocycles. The molecule has 6 atom stereocenters. The normalized spacial score (nSPS) is 45.5. The van der Waals surface area contributed by atoms with Crippen molar-refractivity contribution in [2.45, 2.75) is 84.0 Å². The first-order valence-corrected chi connectivity index (χ1v) is 9.17. The summed E-state index contributed by atoms with van der Waals surface area (Å²) in [7, 11) is 0. The number of nitrogens with zero attached hydrogens (tertiary/aromatic N) is 1. The Kier molecular flexibility index (Phi) is 4.21. The van der Waals surface area contributed by atoms with Crippen LogP contribution in [0, 0.1) is 24.3 Å². The number of hydrogen-bond acceptors (Lipinski definition) is 1. The van der Waals surface area contributed by atoms with Gasteiger partial charge in [-0.05, 0) is 65.2 Å². The van der Waals surface area contributed by atoms with Crippen LogP contribution < -0.4 is 0 Å². The van der Waals surface area contributed by atoms with E-state index in [1.165, 1.54) is 17.6 Å². The molecule has 0 N–H and O–H groups in total. The van der Waals surface area contributed by atoms with Gasteiger partial charge < -0.3 is 9.58 Å². The van der Waals surface area contributed by atoms with Crippen molar-refractivity contribution in [2.24, 2.45) is 17.8 Å². The highest BCUT2D eigenvalue weighted by Gasteiger charge is 2.63. The third-order valence-corrected chi connectivity index (χ3v) is 6.73. The molecule has 0 amide bonds. The van der Waals surface area contributed by atoms with Crippen LogP contribution in [0.15, 0.2) is 23.3 Å². The molecule has 3 aliphatic rings. The molecule has 1 saturated carbocycles. The van der Waals surface area contributed by atoms with E-state index in [9.17, 15) is 0 Å². The number of hydrogen-bond donors (Lipinski definition) is 0. The Morgan fingerprint density at radius 2 is 2.09 bits per heavy atom. The Labute approximate surface area is 141 Å². The van der Waals surface area contributed by atoms with E-state index in [-0.39, 0.29) is 11.1 Å². The van der Waals surface area contributed by atoms with Gasteiger partial charge in [0.25, 0.3) is 0 Å². The molecule has 23 heavy (non-hydrogen) atoms. The van der Waals surface area contributed by atoms with E-state index >= 15 is 0 Å². The van der Waals surface area contributed by atoms with E-state index in [0.29, 0.717) is 23.9 Å². The third-order valence-electron chi connectivity index (χ3n) is 6.73. The van der Waals surface area contributed by atoms with Crippen molar-refractivity contribution in [3.05, 3.63) is 34.7 Å². The van der Waals surface area contributed by atoms with Crippen LogP contribution >= 0.6 is 0 Å². The second-order valence-corrected chi connectivity index (χ2v) is 8.66. The summed E-state index contributed by atoms with van der Waals surface area (Å²) in [5.74, 6) is 1.61. The minimum absolute atomic E-state index is 0.0202. The fourth-order valence-electron chi connectivity index (χ4n) is 5.08. The maximum Gasteiger partial charge on any atom is 0.233 e. The highest BCUT2D eigenvalue weighted by Crippen LogP contribution is 2.58. The Morgan fingerprint density at radius 3 is 2.74 bits per heavy atom. The van der Waals surface area contributed by atoms with Gasteiger partial charge in [-0.1, -0.05) is 23.3 Å². The lowest BCUT2D eigenvalue weighted by atomic mass is 9.56. The van der Waals surface area contributed by atoms with Crippen LogP contribution in [0.4, 0.5) is 0 Å². The van der Waals surface area contributed by atoms with Gasteiger partial charge in [0.15, 0.2) is 0 Å². The molecule has 126 valence electrons. The third kappa shape index (κ3) is 2.89. The van der Waals surface area contributed by atoms with E-state index in [0.717, 1.165) is 25.7 Å². The van der Waals surface area contributed by atoms with Crippen LogP contribution in [0.5, 0.6) is 0 Å². The first kappa shape index (κ1) is 16.8. The van der Waals surface area contributed by atoms with E-state index in [1.807, 2.05) is 0 Å². The lowest BCUT2D eigenvalue weighted by Crippen LogP contribution is -2.49. The molecule has 2 heteroatoms. The maximum atomic E-state index is 7.72. The van der Waals surface area contributed by atoms with Crippen LogP contribution in [0.25, 0.3) is 4.85 Å². The van der Waals surface area contributed by atoms with E-state index in [1.54, 1.807) is 0 Å². The molecule has 2 nitrogen and oxygen atoms in total. The van der Waals surface area contributed by atoms with Crippen LogP contribution in [-0.4, -0.2) is 17.2 Å². The summed E-state index contributed by atoms with van der Waals surface area (Å²) in [6, 6.07) is 0. The number of rotatable bonds is 3. The van der Waals surface area contributed by atoms with Gasteiger partial charge in [-0.2, -0.15) is 0 Å². The van der Waals surface area contributed by atoms with E-state index in [4.69, 9.17) is 11.3 Å². The van der Waals surface area contributed by atoms with Gasteiger partial charge in [-0.3, -0.25) is 0 Å². The summed E-state index contributed by atoms with van der Waals surface area (Å²) in [6.45, 7) is 18.8. The number of allylic oxidation sites excluding steroid dienone is 3. The maximum absolute atomic E-state index is 7.72. The van der Waals surface area contributed by atoms with Gasteiger partial charge >= 0.3 is 0 Å². The summed E-state index contributed by atoms with van der Waals surface area (Å²) in [6.07, 6.45) is 10.7. The molecule has 0 aromatic heterocycles. The monoisotopic (exact) mass is 313 g/mol. The number of ether oxygens (including phenoxy) is 1. The van der Waals surface area contributed by atoms with Gasteiger partial charge in [0.2, 0.25) is 5.54 Å². The minimum Gasteiger partial charge on any atom is -0.366 e. The topological polar surface area (TPSA) is 16.9 Å². The average Bonchev–Trinajstić information content (AvgIpc) is 3.16. The van der Waals surface area contributed by atoms with Gasteiger partial charge in [-0.15, -0.1) is 0 Å². The Morgan fingerprint density at radius 1 is 1.35 bits per heavy atom. The molecule has 0 bridgehead atoms. The van der Waals surface area contributed by atoms with E-state index < -0.39 is 0 Å². The lowest BCUT2D eigenvalue weighted by Gasteiger charge is -2.46. The summed E-state index contributed by atoms with van der Waals surface area (Å²) in [5, 5.41) is 0. The molecule has 2 fully saturated rings. The zero-order valence-corrected chi connectivity index (χ0v) is 15.4. The summed E-state index contributed by atoms with van der Waals surface area (Å²) >= 11 is 0. The fraction of sp³-hybridized carbons (Fsp3) is 0.762. The Bertz CT molecular complexity index is 579. The average molecular weight is 313 g/mol. The van der Waals surface area contributed by atoms with Crippen molar-refractivity contribution in [1.29, 1.82) is 0 Å². The van der Waals surface area contributed by atoms with Crippen molar-refractivity contribution in [1.82, 2.24) is 0 Å². The predicted molar refractivity (Wildman–Crippen MR) is 95.0 cm³/mol. The number of fused-ring (bicyclic) bond motifs is 1. The molecule has 1 aliphatic heterocycles.